The molecule has 1 aliphatic rings. The highest BCUT2D eigenvalue weighted by Crippen LogP contribution is 2.35. The highest BCUT2D eigenvalue weighted by atomic mass is 32.2. The lowest BCUT2D eigenvalue weighted by atomic mass is 9.99. The van der Waals surface area contributed by atoms with E-state index in [1.54, 1.807) is 6.07 Å². The van der Waals surface area contributed by atoms with Gasteiger partial charge in [-0.25, -0.2) is 17.5 Å². The molecule has 0 fully saturated rings. The first-order chi connectivity index (χ1) is 17.8. The number of nitrogens with one attached hydrogen (secondary N) is 4. The minimum atomic E-state index is -3.40. The molecular weight excluding hydrogens is 491 g/mol. The summed E-state index contributed by atoms with van der Waals surface area (Å²) in [4.78, 5) is 8.09. The first-order valence-corrected chi connectivity index (χ1v) is 13.8. The number of rotatable bonds is 6. The molecule has 8 nitrogen and oxygen atoms in total. The van der Waals surface area contributed by atoms with E-state index >= 15 is 0 Å². The van der Waals surface area contributed by atoms with Crippen molar-refractivity contribution in [3.05, 3.63) is 77.9 Å². The zero-order chi connectivity index (χ0) is 25.6. The van der Waals surface area contributed by atoms with E-state index in [4.69, 9.17) is 0 Å². The lowest BCUT2D eigenvalue weighted by Gasteiger charge is -2.13. The lowest BCUT2D eigenvalue weighted by Crippen LogP contribution is -2.21. The van der Waals surface area contributed by atoms with Crippen LogP contribution >= 0.6 is 0 Å². The van der Waals surface area contributed by atoms with E-state index in [0.29, 0.717) is 11.1 Å². The van der Waals surface area contributed by atoms with Gasteiger partial charge in [-0.2, -0.15) is 5.10 Å². The smallest absolute Gasteiger partial charge is 0.209 e. The van der Waals surface area contributed by atoms with Crippen molar-refractivity contribution in [3.63, 3.8) is 0 Å². The van der Waals surface area contributed by atoms with Gasteiger partial charge < -0.3 is 10.3 Å². The molecule has 0 spiro atoms. The zero-order valence-electron chi connectivity index (χ0n) is 20.1. The normalized spacial score (nSPS) is 14.4. The molecule has 0 unspecified atom stereocenters. The Morgan fingerprint density at radius 3 is 2.78 bits per heavy atom. The fraction of sp³-hybridized carbons (Fsp3) is 0.185. The van der Waals surface area contributed by atoms with Crippen molar-refractivity contribution in [2.45, 2.75) is 13.0 Å². The van der Waals surface area contributed by atoms with Gasteiger partial charge in [0.2, 0.25) is 10.0 Å². The molecule has 4 heterocycles. The summed E-state index contributed by atoms with van der Waals surface area (Å²) in [5.74, 6) is -0.430. The van der Waals surface area contributed by atoms with Crippen LogP contribution in [0.2, 0.25) is 0 Å². The molecule has 0 radical (unpaired) electrons. The summed E-state index contributed by atoms with van der Waals surface area (Å²) >= 11 is 0. The third-order valence-electron chi connectivity index (χ3n) is 6.57. The van der Waals surface area contributed by atoms with Gasteiger partial charge in [0.1, 0.15) is 11.5 Å². The van der Waals surface area contributed by atoms with Crippen LogP contribution in [0, 0.1) is 5.82 Å². The average Bonchev–Trinajstić information content (AvgIpc) is 3.51. The third kappa shape index (κ3) is 4.78. The number of nitrogens with zero attached hydrogens (tertiary/aromatic N) is 2. The Balaban J connectivity index is 1.42. The van der Waals surface area contributed by atoms with Crippen molar-refractivity contribution in [1.82, 2.24) is 30.2 Å². The molecule has 3 aromatic heterocycles. The van der Waals surface area contributed by atoms with Crippen LogP contribution in [0.15, 0.2) is 60.8 Å². The minimum Gasteiger partial charge on any atom is -0.353 e. The van der Waals surface area contributed by atoms with Crippen molar-refractivity contribution in [2.24, 2.45) is 0 Å². The van der Waals surface area contributed by atoms with E-state index in [-0.39, 0.29) is 6.54 Å². The second kappa shape index (κ2) is 9.22. The van der Waals surface area contributed by atoms with E-state index in [9.17, 15) is 12.8 Å². The Morgan fingerprint density at radius 1 is 1.08 bits per heavy atom. The highest BCUT2D eigenvalue weighted by Gasteiger charge is 2.16. The molecule has 0 aliphatic carbocycles. The van der Waals surface area contributed by atoms with Gasteiger partial charge in [-0.3, -0.25) is 10.1 Å². The van der Waals surface area contributed by atoms with Crippen LogP contribution in [0.1, 0.15) is 17.7 Å². The van der Waals surface area contributed by atoms with Crippen molar-refractivity contribution in [1.29, 1.82) is 0 Å². The van der Waals surface area contributed by atoms with Crippen molar-refractivity contribution >= 4 is 37.4 Å². The predicted octanol–water partition coefficient (Wildman–Crippen LogP) is 4.34. The van der Waals surface area contributed by atoms with Crippen molar-refractivity contribution in [2.75, 3.05) is 19.3 Å². The van der Waals surface area contributed by atoms with Crippen LogP contribution in [-0.2, 0) is 16.6 Å². The van der Waals surface area contributed by atoms with Gasteiger partial charge in [-0.15, -0.1) is 0 Å². The van der Waals surface area contributed by atoms with Crippen molar-refractivity contribution in [3.8, 4) is 22.5 Å². The maximum Gasteiger partial charge on any atom is 0.209 e. The first-order valence-electron chi connectivity index (χ1n) is 11.9. The molecule has 4 N–H and O–H groups in total. The van der Waals surface area contributed by atoms with E-state index in [2.05, 4.69) is 42.3 Å². The topological polar surface area (TPSA) is 116 Å². The number of aromatic nitrogens is 4. The SMILES string of the molecule is CS(=O)(=O)NCc1cc(F)cc(-c2cccc3[nH]c(-c4n[nH]c5cnc(C6=CCNCC6)cc45)cc23)c1. The van der Waals surface area contributed by atoms with Gasteiger partial charge in [-0.05, 0) is 71.6 Å². The number of hydrogen-bond donors (Lipinski definition) is 4. The van der Waals surface area contributed by atoms with Crippen LogP contribution in [0.3, 0.4) is 0 Å². The first kappa shape index (κ1) is 23.5. The third-order valence-corrected chi connectivity index (χ3v) is 7.24. The lowest BCUT2D eigenvalue weighted by molar-refractivity contribution is 0.586. The summed E-state index contributed by atoms with van der Waals surface area (Å²) in [6.45, 7) is 1.78. The monoisotopic (exact) mass is 516 g/mol. The van der Waals surface area contributed by atoms with Crippen LogP contribution in [-0.4, -0.2) is 47.9 Å². The highest BCUT2D eigenvalue weighted by molar-refractivity contribution is 7.88. The van der Waals surface area contributed by atoms with Crippen molar-refractivity contribution < 1.29 is 12.8 Å². The predicted molar refractivity (Wildman–Crippen MR) is 144 cm³/mol. The standard InChI is InChI=1S/C27H25FN6O2S/c1-37(35,36)31-14-16-9-18(11-19(28)10-16)20-3-2-4-23-21(20)12-25(32-23)27-22-13-24(17-5-7-29-8-6-17)30-15-26(22)33-34-27/h2-5,9-13,15,29,31-32H,6-8,14H2,1H3,(H,33,34). The van der Waals surface area contributed by atoms with E-state index in [1.165, 1.54) is 17.7 Å². The molecule has 0 atom stereocenters. The fourth-order valence-electron chi connectivity index (χ4n) is 4.81. The average molecular weight is 517 g/mol. The minimum absolute atomic E-state index is 0.0140. The fourth-order valence-corrected chi connectivity index (χ4v) is 5.24. The van der Waals surface area contributed by atoms with Crippen LogP contribution in [0.25, 0.3) is 49.9 Å². The Morgan fingerprint density at radius 2 is 1.97 bits per heavy atom. The molecule has 6 rings (SSSR count). The number of H-pyrrole nitrogens is 2. The van der Waals surface area contributed by atoms with Gasteiger partial charge in [-0.1, -0.05) is 18.2 Å². The van der Waals surface area contributed by atoms with Gasteiger partial charge in [0.15, 0.2) is 0 Å². The molecule has 0 amide bonds. The molecule has 37 heavy (non-hydrogen) atoms. The number of pyridine rings is 1. The Hall–Kier alpha value is -3.86. The summed E-state index contributed by atoms with van der Waals surface area (Å²) in [7, 11) is -3.40. The molecule has 2 aromatic carbocycles. The van der Waals surface area contributed by atoms with Crippen LogP contribution < -0.4 is 10.0 Å². The molecular formula is C27H25FN6O2S. The molecule has 188 valence electrons. The quantitative estimate of drug-likeness (QED) is 0.268. The number of halogens is 1. The largest absolute Gasteiger partial charge is 0.353 e. The molecule has 5 aromatic rings. The Bertz CT molecular complexity index is 1790. The summed E-state index contributed by atoms with van der Waals surface area (Å²) in [6, 6.07) is 14.5. The summed E-state index contributed by atoms with van der Waals surface area (Å²) in [5, 5.41) is 12.9. The molecule has 0 saturated carbocycles. The molecule has 10 heteroatoms. The second-order valence-corrected chi connectivity index (χ2v) is 11.1. The second-order valence-electron chi connectivity index (χ2n) is 9.26. The summed E-state index contributed by atoms with van der Waals surface area (Å²) in [5.41, 5.74) is 7.56. The Kier molecular flexibility index (Phi) is 5.86. The number of benzene rings is 2. The number of hydrogen-bond acceptors (Lipinski definition) is 5. The van der Waals surface area contributed by atoms with Crippen LogP contribution in [0.5, 0.6) is 0 Å². The Labute approximate surface area is 213 Å². The van der Waals surface area contributed by atoms with Gasteiger partial charge >= 0.3 is 0 Å². The summed E-state index contributed by atoms with van der Waals surface area (Å²) in [6.07, 6.45) is 6.00. The van der Waals surface area contributed by atoms with Crippen LogP contribution in [0.4, 0.5) is 4.39 Å². The maximum atomic E-state index is 14.5. The molecule has 1 aliphatic heterocycles. The van der Waals surface area contributed by atoms with E-state index in [1.807, 2.05) is 30.5 Å². The van der Waals surface area contributed by atoms with E-state index < -0.39 is 15.8 Å². The zero-order valence-corrected chi connectivity index (χ0v) is 20.9. The summed E-state index contributed by atoms with van der Waals surface area (Å²) < 4.78 is 40.0. The maximum absolute atomic E-state index is 14.5. The van der Waals surface area contributed by atoms with Gasteiger partial charge in [0.05, 0.1) is 29.4 Å². The van der Waals surface area contributed by atoms with E-state index in [0.717, 1.165) is 70.2 Å². The number of fused-ring (bicyclic) bond motifs is 2. The number of sulfonamides is 1. The van der Waals surface area contributed by atoms with Gasteiger partial charge in [0, 0.05) is 29.4 Å². The number of aromatic amines is 2. The molecule has 0 bridgehead atoms. The molecule has 0 saturated heterocycles. The van der Waals surface area contributed by atoms with Gasteiger partial charge in [0.25, 0.3) is 0 Å².